The number of unbranched alkanes of at least 4 members (excludes halogenated alkanes) is 29. The maximum Gasteiger partial charge on any atom is 0.472 e. The highest BCUT2D eigenvalue weighted by atomic mass is 31.2. The van der Waals surface area contributed by atoms with E-state index in [9.17, 15) is 19.0 Å². The average Bonchev–Trinajstić information content (AvgIpc) is 3.45. The van der Waals surface area contributed by atoms with Gasteiger partial charge in [-0.05, 0) is 103 Å². The van der Waals surface area contributed by atoms with E-state index in [0.717, 1.165) is 103 Å². The Kier molecular flexibility index (Phi) is 59.7. The lowest BCUT2D eigenvalue weighted by Crippen LogP contribution is -2.37. The summed E-state index contributed by atoms with van der Waals surface area (Å²) in [5.74, 6) is -0.802. The van der Waals surface area contributed by atoms with Crippen molar-refractivity contribution in [3.8, 4) is 0 Å². The van der Waals surface area contributed by atoms with Gasteiger partial charge in [-0.2, -0.15) is 0 Å². The molecule has 0 aromatic carbocycles. The Morgan fingerprint density at radius 3 is 1.04 bits per heavy atom. The van der Waals surface area contributed by atoms with Crippen LogP contribution in [-0.4, -0.2) is 74.9 Å². The molecule has 2 unspecified atom stereocenters. The van der Waals surface area contributed by atoms with Crippen LogP contribution >= 0.6 is 7.82 Å². The summed E-state index contributed by atoms with van der Waals surface area (Å²) < 4.78 is 34.7. The van der Waals surface area contributed by atoms with Crippen molar-refractivity contribution in [2.24, 2.45) is 0 Å². The SMILES string of the molecule is CC/C=C\C/C=C\C/C=C\C/C=C\C/C=C\C/C=C\CCCCCCCCCCCCCCCCCCC(=O)OC(COC(=O)CCCCCCCCCC/C=C\C/C=C\C/C=C\CCCCCCC)COP(=O)(O)OCC[N+](C)(C)C. The molecule has 0 aliphatic carbocycles. The molecule has 0 radical (unpaired) electrons. The monoisotopic (exact) mass is 1160 g/mol. The molecule has 0 aromatic rings. The van der Waals surface area contributed by atoms with Gasteiger partial charge >= 0.3 is 19.8 Å². The third-order valence-corrected chi connectivity index (χ3v) is 15.3. The van der Waals surface area contributed by atoms with E-state index in [4.69, 9.17) is 18.5 Å². The molecule has 0 spiro atoms. The Bertz CT molecular complexity index is 1750. The summed E-state index contributed by atoms with van der Waals surface area (Å²) in [4.78, 5) is 35.8. The van der Waals surface area contributed by atoms with Crippen LogP contribution < -0.4 is 0 Å². The summed E-state index contributed by atoms with van der Waals surface area (Å²) in [7, 11) is 1.47. The highest BCUT2D eigenvalue weighted by molar-refractivity contribution is 7.47. The number of phosphoric ester groups is 1. The molecular weight excluding hydrogens is 1040 g/mol. The third kappa shape index (κ3) is 65.8. The van der Waals surface area contributed by atoms with Gasteiger partial charge in [-0.15, -0.1) is 0 Å². The van der Waals surface area contributed by atoms with Gasteiger partial charge in [0.1, 0.15) is 19.8 Å². The lowest BCUT2D eigenvalue weighted by atomic mass is 10.0. The van der Waals surface area contributed by atoms with Crippen LogP contribution in [0.1, 0.15) is 284 Å². The van der Waals surface area contributed by atoms with Crippen LogP contribution in [0, 0.1) is 0 Å². The number of phosphoric acid groups is 1. The van der Waals surface area contributed by atoms with Gasteiger partial charge < -0.3 is 18.9 Å². The van der Waals surface area contributed by atoms with Crippen molar-refractivity contribution < 1.29 is 42.1 Å². The van der Waals surface area contributed by atoms with Crippen LogP contribution in [0.2, 0.25) is 0 Å². The third-order valence-electron chi connectivity index (χ3n) is 14.3. The molecule has 0 aromatic heterocycles. The van der Waals surface area contributed by atoms with Crippen LogP contribution in [0.3, 0.4) is 0 Å². The largest absolute Gasteiger partial charge is 0.472 e. The number of quaternary nitrogens is 1. The van der Waals surface area contributed by atoms with Gasteiger partial charge in [0.05, 0.1) is 27.7 Å². The molecule has 472 valence electrons. The van der Waals surface area contributed by atoms with E-state index in [1.807, 2.05) is 21.1 Å². The Labute approximate surface area is 506 Å². The Balaban J connectivity index is 4.07. The number of rotatable bonds is 61. The van der Waals surface area contributed by atoms with Gasteiger partial charge in [0.15, 0.2) is 6.10 Å². The summed E-state index contributed by atoms with van der Waals surface area (Å²) >= 11 is 0. The predicted molar refractivity (Wildman–Crippen MR) is 353 cm³/mol. The molecular formula is C72H127NO8P+. The number of ether oxygens (including phenoxy) is 2. The molecule has 0 heterocycles. The fourth-order valence-electron chi connectivity index (χ4n) is 9.15. The minimum absolute atomic E-state index is 0.0269. The van der Waals surface area contributed by atoms with Crippen molar-refractivity contribution in [1.82, 2.24) is 0 Å². The van der Waals surface area contributed by atoms with Crippen molar-refractivity contribution in [3.63, 3.8) is 0 Å². The van der Waals surface area contributed by atoms with Crippen LogP contribution in [0.25, 0.3) is 0 Å². The first-order valence-electron chi connectivity index (χ1n) is 33.6. The predicted octanol–water partition coefficient (Wildman–Crippen LogP) is 21.7. The van der Waals surface area contributed by atoms with Crippen LogP contribution in [0.5, 0.6) is 0 Å². The lowest BCUT2D eigenvalue weighted by molar-refractivity contribution is -0.870. The summed E-state index contributed by atoms with van der Waals surface area (Å²) in [6.45, 7) is 4.32. The van der Waals surface area contributed by atoms with Crippen molar-refractivity contribution in [2.45, 2.75) is 290 Å². The van der Waals surface area contributed by atoms with Gasteiger partial charge in [0, 0.05) is 12.8 Å². The molecule has 1 N–H and O–H groups in total. The average molecular weight is 1170 g/mol. The van der Waals surface area contributed by atoms with Gasteiger partial charge in [-0.25, -0.2) is 4.57 Å². The van der Waals surface area contributed by atoms with E-state index in [1.54, 1.807) is 0 Å². The van der Waals surface area contributed by atoms with Gasteiger partial charge in [0.25, 0.3) is 0 Å². The minimum atomic E-state index is -4.40. The highest BCUT2D eigenvalue weighted by Crippen LogP contribution is 2.43. The van der Waals surface area contributed by atoms with E-state index in [1.165, 1.54) is 148 Å². The van der Waals surface area contributed by atoms with E-state index >= 15 is 0 Å². The molecule has 9 nitrogen and oxygen atoms in total. The number of nitrogens with zero attached hydrogens (tertiary/aromatic N) is 1. The zero-order valence-electron chi connectivity index (χ0n) is 53.7. The molecule has 0 fully saturated rings. The van der Waals surface area contributed by atoms with Crippen LogP contribution in [-0.2, 0) is 32.7 Å². The molecule has 0 rings (SSSR count). The Morgan fingerprint density at radius 2 is 0.695 bits per heavy atom. The smallest absolute Gasteiger partial charge is 0.462 e. The maximum absolute atomic E-state index is 12.9. The first-order valence-corrected chi connectivity index (χ1v) is 35.1. The van der Waals surface area contributed by atoms with Crippen LogP contribution in [0.4, 0.5) is 0 Å². The molecule has 0 saturated heterocycles. The molecule has 0 aliphatic heterocycles. The fourth-order valence-corrected chi connectivity index (χ4v) is 9.89. The highest BCUT2D eigenvalue weighted by Gasteiger charge is 2.27. The lowest BCUT2D eigenvalue weighted by Gasteiger charge is -2.24. The van der Waals surface area contributed by atoms with Crippen molar-refractivity contribution in [2.75, 3.05) is 47.5 Å². The van der Waals surface area contributed by atoms with Crippen molar-refractivity contribution in [3.05, 3.63) is 109 Å². The van der Waals surface area contributed by atoms with Gasteiger partial charge in [-0.3, -0.25) is 18.6 Å². The zero-order valence-corrected chi connectivity index (χ0v) is 54.6. The van der Waals surface area contributed by atoms with E-state index in [2.05, 4.69) is 123 Å². The van der Waals surface area contributed by atoms with E-state index in [0.29, 0.717) is 17.4 Å². The molecule has 0 amide bonds. The number of hydrogen-bond acceptors (Lipinski definition) is 7. The van der Waals surface area contributed by atoms with Crippen molar-refractivity contribution in [1.29, 1.82) is 0 Å². The minimum Gasteiger partial charge on any atom is -0.462 e. The first-order chi connectivity index (χ1) is 40.0. The van der Waals surface area contributed by atoms with E-state index in [-0.39, 0.29) is 32.0 Å². The summed E-state index contributed by atoms with van der Waals surface area (Å²) in [6, 6.07) is 0. The van der Waals surface area contributed by atoms with Crippen molar-refractivity contribution >= 4 is 19.8 Å². The second kappa shape index (κ2) is 62.2. The maximum atomic E-state index is 12.9. The van der Waals surface area contributed by atoms with E-state index < -0.39 is 26.5 Å². The molecule has 82 heavy (non-hydrogen) atoms. The van der Waals surface area contributed by atoms with Gasteiger partial charge in [-0.1, -0.05) is 277 Å². The van der Waals surface area contributed by atoms with Crippen LogP contribution in [0.15, 0.2) is 109 Å². The number of carbonyl (C=O) groups excluding carboxylic acids is 2. The Morgan fingerprint density at radius 1 is 0.390 bits per heavy atom. The molecule has 2 atom stereocenters. The summed E-state index contributed by atoms with van der Waals surface area (Å²) in [6.07, 6.45) is 87.5. The number of esters is 2. The molecule has 0 saturated carbocycles. The number of likely N-dealkylation sites (N-methyl/N-ethyl adjacent to an activating group) is 1. The molecule has 0 aliphatic rings. The zero-order chi connectivity index (χ0) is 59.8. The second-order valence-electron chi connectivity index (χ2n) is 23.5. The summed E-state index contributed by atoms with van der Waals surface area (Å²) in [5.41, 5.74) is 0. The molecule has 0 bridgehead atoms. The standard InChI is InChI=1S/C72H126NO8P/c1-6-8-10-12-14-16-18-20-22-24-26-28-30-31-32-33-34-35-36-37-38-39-40-41-43-45-47-49-51-53-55-57-59-61-63-65-72(75)81-70(69-80-82(76,77)79-67-66-73(3,4)5)68-78-71(74)64-62-60-58-56-54-52-50-48-46-44-42-29-27-25-23-21-19-17-15-13-11-9-7-2/h8,10,14,16,19-22,25-28,31-32,34-35,42,44,70H,6-7,9,11-13,15,17-18,23-24,29-30,33,36-41,43,45-69H2,1-5H3/p+1/b10-8-,16-14-,21-19-,22-20-,27-25-,28-26-,32-31-,35-34-,44-42-. The first kappa shape index (κ1) is 78.7. The number of hydrogen-bond donors (Lipinski definition) is 1. The molecule has 10 heteroatoms. The summed E-state index contributed by atoms with van der Waals surface area (Å²) in [5, 5.41) is 0. The topological polar surface area (TPSA) is 108 Å². The quantitative estimate of drug-likeness (QED) is 0.0211. The Hall–Kier alpha value is -3.33. The fraction of sp³-hybridized carbons (Fsp3) is 0.722. The number of carbonyl (C=O) groups is 2. The van der Waals surface area contributed by atoms with Gasteiger partial charge in [0.2, 0.25) is 0 Å². The second-order valence-corrected chi connectivity index (χ2v) is 24.9. The normalized spacial score (nSPS) is 13.9. The number of allylic oxidation sites excluding steroid dienone is 18.